The highest BCUT2D eigenvalue weighted by atomic mass is 32.2. The van der Waals surface area contributed by atoms with Crippen molar-refractivity contribution >= 4 is 21.4 Å². The summed E-state index contributed by atoms with van der Waals surface area (Å²) in [6.45, 7) is 0. The van der Waals surface area contributed by atoms with Gasteiger partial charge < -0.3 is 5.32 Å². The molecule has 0 unspecified atom stereocenters. The van der Waals surface area contributed by atoms with Gasteiger partial charge in [-0.05, 0) is 42.0 Å². The van der Waals surface area contributed by atoms with Gasteiger partial charge in [-0.25, -0.2) is 8.42 Å². The monoisotopic (exact) mass is 418 g/mol. The van der Waals surface area contributed by atoms with Crippen molar-refractivity contribution < 1.29 is 13.2 Å². The maximum Gasteiger partial charge on any atom is 0.255 e. The maximum atomic E-state index is 12.8. The van der Waals surface area contributed by atoms with Crippen molar-refractivity contribution in [3.63, 3.8) is 0 Å². The molecule has 3 aromatic carbocycles. The Balaban J connectivity index is 1.54. The standard InChI is InChI=1S/C22H18N4O3S/c27-22(25-19-9-5-10-20(13-19)26-15-23-24-16-26)18-8-4-11-21(12-18)30(28,29)14-17-6-2-1-3-7-17/h1-13,15-16H,14H2,(H,25,27). The lowest BCUT2D eigenvalue weighted by atomic mass is 10.2. The second-order valence-electron chi connectivity index (χ2n) is 6.65. The quantitative estimate of drug-likeness (QED) is 0.517. The summed E-state index contributed by atoms with van der Waals surface area (Å²) in [5.74, 6) is -0.521. The topological polar surface area (TPSA) is 93.9 Å². The fourth-order valence-corrected chi connectivity index (χ4v) is 4.38. The number of aromatic nitrogens is 3. The summed E-state index contributed by atoms with van der Waals surface area (Å²) in [4.78, 5) is 12.8. The minimum atomic E-state index is -3.58. The van der Waals surface area contributed by atoms with Crippen molar-refractivity contribution in [2.75, 3.05) is 5.32 Å². The highest BCUT2D eigenvalue weighted by molar-refractivity contribution is 7.90. The van der Waals surface area contributed by atoms with Crippen LogP contribution in [-0.2, 0) is 15.6 Å². The molecule has 0 bridgehead atoms. The molecule has 4 rings (SSSR count). The first-order valence-electron chi connectivity index (χ1n) is 9.14. The first-order chi connectivity index (χ1) is 14.5. The molecular formula is C22H18N4O3S. The van der Waals surface area contributed by atoms with Crippen molar-refractivity contribution in [1.82, 2.24) is 14.8 Å². The first kappa shape index (κ1) is 19.5. The van der Waals surface area contributed by atoms with Gasteiger partial charge >= 0.3 is 0 Å². The van der Waals surface area contributed by atoms with Crippen molar-refractivity contribution in [1.29, 1.82) is 0 Å². The molecular weight excluding hydrogens is 400 g/mol. The molecule has 1 amide bonds. The third kappa shape index (κ3) is 4.44. The lowest BCUT2D eigenvalue weighted by Gasteiger charge is -2.09. The van der Waals surface area contributed by atoms with E-state index in [1.165, 1.54) is 12.1 Å². The number of hydrogen-bond acceptors (Lipinski definition) is 5. The molecule has 8 heteroatoms. The van der Waals surface area contributed by atoms with Crippen molar-refractivity contribution in [2.45, 2.75) is 10.6 Å². The molecule has 0 atom stereocenters. The van der Waals surface area contributed by atoms with E-state index >= 15 is 0 Å². The van der Waals surface area contributed by atoms with Gasteiger partial charge in [0.05, 0.1) is 16.3 Å². The number of hydrogen-bond donors (Lipinski definition) is 1. The van der Waals surface area contributed by atoms with Crippen molar-refractivity contribution in [3.05, 3.63) is 103 Å². The van der Waals surface area contributed by atoms with E-state index < -0.39 is 15.7 Å². The Morgan fingerprint density at radius 3 is 2.37 bits per heavy atom. The lowest BCUT2D eigenvalue weighted by molar-refractivity contribution is 0.102. The Morgan fingerprint density at radius 1 is 0.867 bits per heavy atom. The molecule has 1 N–H and O–H groups in total. The van der Waals surface area contributed by atoms with E-state index in [4.69, 9.17) is 0 Å². The van der Waals surface area contributed by atoms with Crippen LogP contribution in [0.4, 0.5) is 5.69 Å². The summed E-state index contributed by atoms with van der Waals surface area (Å²) in [5.41, 5.74) is 2.32. The molecule has 0 saturated carbocycles. The number of carbonyl (C=O) groups excluding carboxylic acids is 1. The van der Waals surface area contributed by atoms with E-state index in [9.17, 15) is 13.2 Å². The van der Waals surface area contributed by atoms with E-state index in [0.29, 0.717) is 11.3 Å². The normalized spacial score (nSPS) is 11.2. The molecule has 1 heterocycles. The molecule has 30 heavy (non-hydrogen) atoms. The van der Waals surface area contributed by atoms with Gasteiger partial charge in [0.15, 0.2) is 9.84 Å². The largest absolute Gasteiger partial charge is 0.322 e. The van der Waals surface area contributed by atoms with Crippen LogP contribution < -0.4 is 5.32 Å². The Hall–Kier alpha value is -3.78. The molecule has 0 radical (unpaired) electrons. The average molecular weight is 418 g/mol. The molecule has 0 spiro atoms. The summed E-state index contributed by atoms with van der Waals surface area (Å²) in [6, 6.07) is 22.2. The second-order valence-corrected chi connectivity index (χ2v) is 8.64. The van der Waals surface area contributed by atoms with E-state index in [1.807, 2.05) is 12.1 Å². The number of amides is 1. The van der Waals surface area contributed by atoms with Gasteiger partial charge in [0.2, 0.25) is 0 Å². The number of carbonyl (C=O) groups is 1. The molecule has 0 fully saturated rings. The smallest absolute Gasteiger partial charge is 0.255 e. The minimum absolute atomic E-state index is 0.109. The number of benzene rings is 3. The second kappa shape index (κ2) is 8.30. The zero-order valence-corrected chi connectivity index (χ0v) is 16.7. The van der Waals surface area contributed by atoms with Crippen LogP contribution in [0, 0.1) is 0 Å². The highest BCUT2D eigenvalue weighted by Crippen LogP contribution is 2.19. The number of anilines is 1. The Labute approximate surface area is 173 Å². The van der Waals surface area contributed by atoms with Gasteiger partial charge in [0.1, 0.15) is 12.7 Å². The molecule has 4 aromatic rings. The Bertz CT molecular complexity index is 1270. The zero-order chi connectivity index (χ0) is 21.0. The van der Waals surface area contributed by atoms with Crippen LogP contribution in [0.5, 0.6) is 0 Å². The van der Waals surface area contributed by atoms with E-state index in [2.05, 4.69) is 15.5 Å². The summed E-state index contributed by atoms with van der Waals surface area (Å²) in [5, 5.41) is 10.3. The highest BCUT2D eigenvalue weighted by Gasteiger charge is 2.17. The summed E-state index contributed by atoms with van der Waals surface area (Å²) < 4.78 is 27.2. The maximum absolute atomic E-state index is 12.8. The van der Waals surface area contributed by atoms with Gasteiger partial charge in [-0.15, -0.1) is 10.2 Å². The molecule has 0 aliphatic heterocycles. The first-order valence-corrected chi connectivity index (χ1v) is 10.8. The molecule has 7 nitrogen and oxygen atoms in total. The number of rotatable bonds is 6. The average Bonchev–Trinajstić information content (AvgIpc) is 3.29. The predicted octanol–water partition coefficient (Wildman–Crippen LogP) is 3.49. The van der Waals surface area contributed by atoms with Crippen LogP contribution >= 0.6 is 0 Å². The van der Waals surface area contributed by atoms with Gasteiger partial charge in [-0.1, -0.05) is 42.5 Å². The van der Waals surface area contributed by atoms with Gasteiger partial charge in [-0.2, -0.15) is 0 Å². The third-order valence-electron chi connectivity index (χ3n) is 4.48. The molecule has 0 saturated heterocycles. The number of nitrogens with zero attached hydrogens (tertiary/aromatic N) is 3. The Kier molecular flexibility index (Phi) is 5.40. The van der Waals surface area contributed by atoms with Crippen LogP contribution in [0.2, 0.25) is 0 Å². The Morgan fingerprint density at radius 2 is 1.60 bits per heavy atom. The fraction of sp³-hybridized carbons (Fsp3) is 0.0455. The third-order valence-corrected chi connectivity index (χ3v) is 6.16. The van der Waals surface area contributed by atoms with Gasteiger partial charge in [0, 0.05) is 11.3 Å². The SMILES string of the molecule is O=C(Nc1cccc(-n2cnnc2)c1)c1cccc(S(=O)(=O)Cc2ccccc2)c1. The van der Waals surface area contributed by atoms with Crippen molar-refractivity contribution in [2.24, 2.45) is 0 Å². The summed E-state index contributed by atoms with van der Waals surface area (Å²) >= 11 is 0. The van der Waals surface area contributed by atoms with Gasteiger partial charge in [0.25, 0.3) is 5.91 Å². The predicted molar refractivity (Wildman–Crippen MR) is 113 cm³/mol. The van der Waals surface area contributed by atoms with E-state index in [-0.39, 0.29) is 16.2 Å². The number of sulfone groups is 1. The number of nitrogens with one attached hydrogen (secondary N) is 1. The summed E-state index contributed by atoms with van der Waals surface area (Å²) in [7, 11) is -3.58. The lowest BCUT2D eigenvalue weighted by Crippen LogP contribution is -2.13. The van der Waals surface area contributed by atoms with Crippen molar-refractivity contribution in [3.8, 4) is 5.69 Å². The zero-order valence-electron chi connectivity index (χ0n) is 15.8. The van der Waals surface area contributed by atoms with Crippen LogP contribution in [0.1, 0.15) is 15.9 Å². The molecule has 0 aliphatic rings. The van der Waals surface area contributed by atoms with E-state index in [1.54, 1.807) is 71.8 Å². The molecule has 150 valence electrons. The molecule has 1 aromatic heterocycles. The molecule has 0 aliphatic carbocycles. The fourth-order valence-electron chi connectivity index (χ4n) is 2.99. The van der Waals surface area contributed by atoms with Crippen LogP contribution in [-0.4, -0.2) is 29.1 Å². The van der Waals surface area contributed by atoms with Gasteiger partial charge in [-0.3, -0.25) is 9.36 Å². The van der Waals surface area contributed by atoms with Crippen LogP contribution in [0.15, 0.2) is 96.4 Å². The van der Waals surface area contributed by atoms with Crippen LogP contribution in [0.3, 0.4) is 0 Å². The minimum Gasteiger partial charge on any atom is -0.322 e. The summed E-state index contributed by atoms with van der Waals surface area (Å²) in [6.07, 6.45) is 3.12. The van der Waals surface area contributed by atoms with E-state index in [0.717, 1.165) is 5.69 Å². The van der Waals surface area contributed by atoms with Crippen LogP contribution in [0.25, 0.3) is 5.69 Å².